The maximum atomic E-state index is 13.4. The molecule has 1 nitrogen and oxygen atoms in total. The number of hydrogen-bond donors (Lipinski definition) is 1. The number of benzene rings is 2. The van der Waals surface area contributed by atoms with Crippen LogP contribution in [0.25, 0.3) is 0 Å². The summed E-state index contributed by atoms with van der Waals surface area (Å²) in [5.74, 6) is -0.629. The highest BCUT2D eigenvalue weighted by atomic mass is 79.9. The molecule has 0 aliphatic carbocycles. The second-order valence-corrected chi connectivity index (χ2v) is 5.45. The van der Waals surface area contributed by atoms with E-state index in [1.807, 2.05) is 0 Å². The minimum absolute atomic E-state index is 0.288. The zero-order valence-corrected chi connectivity index (χ0v) is 12.3. The fraction of sp³-hybridized carbons (Fsp3) is 0.200. The first-order chi connectivity index (χ1) is 8.90. The standard InChI is InChI=1S/C15H14BrF2N/c1-8-5-11(18)6-9(2)14(8)15(19)12-7-10(17)3-4-13(12)16/h3-7,15H,19H2,1-2H3. The van der Waals surface area contributed by atoms with Crippen molar-refractivity contribution in [3.8, 4) is 0 Å². The van der Waals surface area contributed by atoms with Gasteiger partial charge in [-0.2, -0.15) is 0 Å². The molecule has 0 saturated carbocycles. The van der Waals surface area contributed by atoms with Gasteiger partial charge in [0.25, 0.3) is 0 Å². The largest absolute Gasteiger partial charge is 0.320 e. The van der Waals surface area contributed by atoms with Crippen LogP contribution in [0.5, 0.6) is 0 Å². The van der Waals surface area contributed by atoms with Crippen molar-refractivity contribution >= 4 is 15.9 Å². The van der Waals surface area contributed by atoms with Crippen LogP contribution in [0, 0.1) is 25.5 Å². The van der Waals surface area contributed by atoms with Gasteiger partial charge in [0.05, 0.1) is 6.04 Å². The van der Waals surface area contributed by atoms with Crippen LogP contribution in [-0.4, -0.2) is 0 Å². The van der Waals surface area contributed by atoms with Crippen LogP contribution >= 0.6 is 15.9 Å². The molecule has 4 heteroatoms. The minimum Gasteiger partial charge on any atom is -0.320 e. The molecule has 2 rings (SSSR count). The van der Waals surface area contributed by atoms with Gasteiger partial charge in [0.1, 0.15) is 11.6 Å². The second-order valence-electron chi connectivity index (χ2n) is 4.60. The van der Waals surface area contributed by atoms with Crippen molar-refractivity contribution in [3.05, 3.63) is 68.7 Å². The van der Waals surface area contributed by atoms with Gasteiger partial charge < -0.3 is 5.73 Å². The maximum absolute atomic E-state index is 13.4. The molecule has 0 radical (unpaired) electrons. The third-order valence-corrected chi connectivity index (χ3v) is 3.88. The van der Waals surface area contributed by atoms with E-state index in [2.05, 4.69) is 15.9 Å². The van der Waals surface area contributed by atoms with Crippen LogP contribution in [0.1, 0.15) is 28.3 Å². The molecular formula is C15H14BrF2N. The molecule has 0 bridgehead atoms. The Hall–Kier alpha value is -1.26. The zero-order valence-electron chi connectivity index (χ0n) is 10.7. The molecule has 1 unspecified atom stereocenters. The molecule has 0 aromatic heterocycles. The molecule has 2 N–H and O–H groups in total. The molecule has 19 heavy (non-hydrogen) atoms. The van der Waals surface area contributed by atoms with E-state index >= 15 is 0 Å². The Kier molecular flexibility index (Phi) is 4.02. The first-order valence-corrected chi connectivity index (χ1v) is 6.66. The highest BCUT2D eigenvalue weighted by Gasteiger charge is 2.18. The topological polar surface area (TPSA) is 26.0 Å². The fourth-order valence-electron chi connectivity index (χ4n) is 2.32. The third kappa shape index (κ3) is 2.85. The Balaban J connectivity index is 2.56. The van der Waals surface area contributed by atoms with Crippen LogP contribution in [0.2, 0.25) is 0 Å². The molecule has 0 heterocycles. The number of halogens is 3. The Morgan fingerprint density at radius 3 is 2.16 bits per heavy atom. The minimum atomic E-state index is -0.495. The Labute approximate surface area is 119 Å². The molecule has 0 saturated heterocycles. The number of aryl methyl sites for hydroxylation is 2. The van der Waals surface area contributed by atoms with Crippen molar-refractivity contribution in [2.24, 2.45) is 5.73 Å². The zero-order chi connectivity index (χ0) is 14.2. The third-order valence-electron chi connectivity index (χ3n) is 3.16. The fourth-order valence-corrected chi connectivity index (χ4v) is 2.81. The van der Waals surface area contributed by atoms with Gasteiger partial charge >= 0.3 is 0 Å². The van der Waals surface area contributed by atoms with Crippen molar-refractivity contribution in [2.45, 2.75) is 19.9 Å². The summed E-state index contributed by atoms with van der Waals surface area (Å²) >= 11 is 3.37. The lowest BCUT2D eigenvalue weighted by molar-refractivity contribution is 0.619. The smallest absolute Gasteiger partial charge is 0.123 e. The van der Waals surface area contributed by atoms with Gasteiger partial charge in [0.15, 0.2) is 0 Å². The van der Waals surface area contributed by atoms with Crippen LogP contribution in [0.15, 0.2) is 34.8 Å². The number of hydrogen-bond acceptors (Lipinski definition) is 1. The molecule has 0 aliphatic rings. The van der Waals surface area contributed by atoms with E-state index in [1.54, 1.807) is 19.9 Å². The molecule has 0 aliphatic heterocycles. The van der Waals surface area contributed by atoms with Crippen molar-refractivity contribution < 1.29 is 8.78 Å². The first kappa shape index (κ1) is 14.2. The van der Waals surface area contributed by atoms with E-state index < -0.39 is 6.04 Å². The average Bonchev–Trinajstić information content (AvgIpc) is 2.30. The molecule has 2 aromatic rings. The molecule has 2 aromatic carbocycles. The summed E-state index contributed by atoms with van der Waals surface area (Å²) in [7, 11) is 0. The van der Waals surface area contributed by atoms with Crippen LogP contribution < -0.4 is 5.73 Å². The Morgan fingerprint density at radius 1 is 1.00 bits per heavy atom. The van der Waals surface area contributed by atoms with Crippen LogP contribution in [0.4, 0.5) is 8.78 Å². The summed E-state index contributed by atoms with van der Waals surface area (Å²) < 4.78 is 27.4. The van der Waals surface area contributed by atoms with Crippen molar-refractivity contribution in [1.82, 2.24) is 0 Å². The SMILES string of the molecule is Cc1cc(F)cc(C)c1C(N)c1cc(F)ccc1Br. The molecule has 100 valence electrons. The summed E-state index contributed by atoms with van der Waals surface area (Å²) in [5.41, 5.74) is 9.23. The van der Waals surface area contributed by atoms with Gasteiger partial charge in [-0.25, -0.2) is 8.78 Å². The van der Waals surface area contributed by atoms with E-state index in [1.165, 1.54) is 24.3 Å². The van der Waals surface area contributed by atoms with Gasteiger partial charge in [-0.1, -0.05) is 15.9 Å². The lowest BCUT2D eigenvalue weighted by atomic mass is 9.92. The van der Waals surface area contributed by atoms with Gasteiger partial charge in [-0.05, 0) is 66.4 Å². The van der Waals surface area contributed by atoms with E-state index in [0.717, 1.165) is 21.2 Å². The molecular weight excluding hydrogens is 312 g/mol. The maximum Gasteiger partial charge on any atom is 0.123 e. The summed E-state index contributed by atoms with van der Waals surface area (Å²) in [6, 6.07) is 6.77. The average molecular weight is 326 g/mol. The van der Waals surface area contributed by atoms with Crippen molar-refractivity contribution in [3.63, 3.8) is 0 Å². The highest BCUT2D eigenvalue weighted by molar-refractivity contribution is 9.10. The predicted molar refractivity (Wildman–Crippen MR) is 76.0 cm³/mol. The van der Waals surface area contributed by atoms with E-state index in [4.69, 9.17) is 5.73 Å². The van der Waals surface area contributed by atoms with Crippen LogP contribution in [-0.2, 0) is 0 Å². The summed E-state index contributed by atoms with van der Waals surface area (Å²) in [5, 5.41) is 0. The van der Waals surface area contributed by atoms with Crippen molar-refractivity contribution in [2.75, 3.05) is 0 Å². The van der Waals surface area contributed by atoms with Gasteiger partial charge in [0, 0.05) is 4.47 Å². The first-order valence-electron chi connectivity index (χ1n) is 5.87. The second kappa shape index (κ2) is 5.39. The van der Waals surface area contributed by atoms with Crippen LogP contribution in [0.3, 0.4) is 0 Å². The van der Waals surface area contributed by atoms with Gasteiger partial charge in [-0.15, -0.1) is 0 Å². The van der Waals surface area contributed by atoms with E-state index in [0.29, 0.717) is 5.56 Å². The molecule has 0 spiro atoms. The Morgan fingerprint density at radius 2 is 1.58 bits per heavy atom. The normalized spacial score (nSPS) is 12.5. The quantitative estimate of drug-likeness (QED) is 0.870. The lowest BCUT2D eigenvalue weighted by Gasteiger charge is -2.19. The highest BCUT2D eigenvalue weighted by Crippen LogP contribution is 2.31. The summed E-state index contributed by atoms with van der Waals surface area (Å²) in [6.45, 7) is 3.61. The van der Waals surface area contributed by atoms with E-state index in [9.17, 15) is 8.78 Å². The number of nitrogens with two attached hydrogens (primary N) is 1. The summed E-state index contributed by atoms with van der Waals surface area (Å²) in [6.07, 6.45) is 0. The summed E-state index contributed by atoms with van der Waals surface area (Å²) in [4.78, 5) is 0. The molecule has 0 amide bonds. The van der Waals surface area contributed by atoms with Gasteiger partial charge in [0.2, 0.25) is 0 Å². The predicted octanol–water partition coefficient (Wildman–Crippen LogP) is 4.39. The lowest BCUT2D eigenvalue weighted by Crippen LogP contribution is -2.16. The molecule has 0 fully saturated rings. The van der Waals surface area contributed by atoms with Gasteiger partial charge in [-0.3, -0.25) is 0 Å². The van der Waals surface area contributed by atoms with E-state index in [-0.39, 0.29) is 11.6 Å². The number of rotatable bonds is 2. The van der Waals surface area contributed by atoms with Crippen molar-refractivity contribution in [1.29, 1.82) is 0 Å². The monoisotopic (exact) mass is 325 g/mol. The Bertz CT molecular complexity index is 603. The molecule has 1 atom stereocenters.